The largest absolute Gasteiger partial charge is 0.495 e. The van der Waals surface area contributed by atoms with Crippen molar-refractivity contribution in [3.05, 3.63) is 64.5 Å². The maximum Gasteiger partial charge on any atom is 0.278 e. The number of carbonyl (C=O) groups excluding carboxylic acids is 2. The minimum Gasteiger partial charge on any atom is -0.495 e. The van der Waals surface area contributed by atoms with E-state index in [2.05, 4.69) is 0 Å². The molecule has 3 rings (SSSR count). The van der Waals surface area contributed by atoms with Crippen LogP contribution in [-0.2, 0) is 9.59 Å². The number of nitrogens with zero attached hydrogens (tertiary/aromatic N) is 1. The van der Waals surface area contributed by atoms with Gasteiger partial charge < -0.3 is 4.74 Å². The highest BCUT2D eigenvalue weighted by atomic mass is 35.5. The van der Waals surface area contributed by atoms with Crippen LogP contribution in [0.2, 0.25) is 0 Å². The third kappa shape index (κ3) is 2.85. The van der Waals surface area contributed by atoms with Crippen LogP contribution in [0.25, 0.3) is 0 Å². The van der Waals surface area contributed by atoms with Crippen LogP contribution in [0, 0.1) is 0 Å². The molecule has 0 radical (unpaired) electrons. The van der Waals surface area contributed by atoms with Gasteiger partial charge in [0.15, 0.2) is 0 Å². The Morgan fingerprint density at radius 2 is 1.61 bits per heavy atom. The quantitative estimate of drug-likeness (QED) is 0.790. The molecule has 23 heavy (non-hydrogen) atoms. The zero-order valence-electron chi connectivity index (χ0n) is 12.2. The molecular formula is C17H12ClNO3S. The SMILES string of the molecule is COc1ccccc1N1C(=O)C(Cl)=C(Sc2ccccc2)C1=O. The minimum absolute atomic E-state index is 0.0743. The van der Waals surface area contributed by atoms with Crippen molar-refractivity contribution in [2.45, 2.75) is 4.90 Å². The second kappa shape index (κ2) is 6.48. The van der Waals surface area contributed by atoms with Crippen LogP contribution in [0.5, 0.6) is 5.75 Å². The molecule has 0 saturated carbocycles. The Morgan fingerprint density at radius 1 is 0.957 bits per heavy atom. The van der Waals surface area contributed by atoms with Gasteiger partial charge in [-0.3, -0.25) is 9.59 Å². The fraction of sp³-hybridized carbons (Fsp3) is 0.0588. The summed E-state index contributed by atoms with van der Waals surface area (Å²) in [5, 5.41) is -0.0743. The number of ether oxygens (including phenoxy) is 1. The number of rotatable bonds is 4. The van der Waals surface area contributed by atoms with E-state index < -0.39 is 11.8 Å². The summed E-state index contributed by atoms with van der Waals surface area (Å²) in [5.74, 6) is -0.553. The Bertz CT molecular complexity index is 804. The smallest absolute Gasteiger partial charge is 0.278 e. The van der Waals surface area contributed by atoms with E-state index in [0.29, 0.717) is 11.4 Å². The average molecular weight is 346 g/mol. The fourth-order valence-corrected chi connectivity index (χ4v) is 3.38. The maximum atomic E-state index is 12.7. The van der Waals surface area contributed by atoms with Crippen LogP contribution in [-0.4, -0.2) is 18.9 Å². The first-order valence-electron chi connectivity index (χ1n) is 6.78. The number of hydrogen-bond acceptors (Lipinski definition) is 4. The molecule has 0 fully saturated rings. The molecule has 0 spiro atoms. The number of imide groups is 1. The summed E-state index contributed by atoms with van der Waals surface area (Å²) in [6.07, 6.45) is 0. The van der Waals surface area contributed by atoms with E-state index in [1.165, 1.54) is 18.9 Å². The number of halogens is 1. The lowest BCUT2D eigenvalue weighted by molar-refractivity contribution is -0.120. The van der Waals surface area contributed by atoms with Crippen molar-refractivity contribution in [2.75, 3.05) is 12.0 Å². The first-order valence-corrected chi connectivity index (χ1v) is 7.97. The van der Waals surface area contributed by atoms with E-state index in [-0.39, 0.29) is 9.94 Å². The van der Waals surface area contributed by atoms with Gasteiger partial charge in [-0.15, -0.1) is 0 Å². The molecule has 0 unspecified atom stereocenters. The summed E-state index contributed by atoms with van der Waals surface area (Å²) in [5.41, 5.74) is 0.381. The van der Waals surface area contributed by atoms with Crippen molar-refractivity contribution >= 4 is 40.9 Å². The van der Waals surface area contributed by atoms with Gasteiger partial charge in [0.1, 0.15) is 15.7 Å². The van der Waals surface area contributed by atoms with Crippen molar-refractivity contribution in [3.63, 3.8) is 0 Å². The van der Waals surface area contributed by atoms with Crippen LogP contribution in [0.1, 0.15) is 0 Å². The third-order valence-electron chi connectivity index (χ3n) is 3.28. The van der Waals surface area contributed by atoms with E-state index in [0.717, 1.165) is 9.80 Å². The monoisotopic (exact) mass is 345 g/mol. The lowest BCUT2D eigenvalue weighted by Gasteiger charge is -2.17. The Labute approximate surface area is 142 Å². The van der Waals surface area contributed by atoms with Gasteiger partial charge in [-0.25, -0.2) is 4.90 Å². The molecule has 0 N–H and O–H groups in total. The summed E-state index contributed by atoms with van der Waals surface area (Å²) in [7, 11) is 1.48. The van der Waals surface area contributed by atoms with Gasteiger partial charge >= 0.3 is 0 Å². The van der Waals surface area contributed by atoms with E-state index in [4.69, 9.17) is 16.3 Å². The van der Waals surface area contributed by atoms with Gasteiger partial charge in [0, 0.05) is 4.90 Å². The molecule has 0 saturated heterocycles. The molecule has 0 aliphatic carbocycles. The van der Waals surface area contributed by atoms with Crippen LogP contribution >= 0.6 is 23.4 Å². The third-order valence-corrected chi connectivity index (χ3v) is 4.83. The Kier molecular flexibility index (Phi) is 4.41. The second-order valence-electron chi connectivity index (χ2n) is 4.68. The van der Waals surface area contributed by atoms with Crippen molar-refractivity contribution in [1.29, 1.82) is 0 Å². The number of para-hydroxylation sites is 2. The van der Waals surface area contributed by atoms with E-state index in [9.17, 15) is 9.59 Å². The number of anilines is 1. The lowest BCUT2D eigenvalue weighted by atomic mass is 10.2. The van der Waals surface area contributed by atoms with Crippen molar-refractivity contribution in [1.82, 2.24) is 0 Å². The van der Waals surface area contributed by atoms with Crippen molar-refractivity contribution in [3.8, 4) is 5.75 Å². The lowest BCUT2D eigenvalue weighted by Crippen LogP contribution is -2.31. The topological polar surface area (TPSA) is 46.6 Å². The summed E-state index contributed by atoms with van der Waals surface area (Å²) in [6, 6.07) is 16.1. The Balaban J connectivity index is 1.96. The predicted molar refractivity (Wildman–Crippen MR) is 90.7 cm³/mol. The van der Waals surface area contributed by atoms with E-state index in [1.54, 1.807) is 24.3 Å². The first kappa shape index (κ1) is 15.6. The molecular weight excluding hydrogens is 334 g/mol. The number of benzene rings is 2. The molecule has 4 nitrogen and oxygen atoms in total. The van der Waals surface area contributed by atoms with Gasteiger partial charge in [0.25, 0.3) is 11.8 Å². The molecule has 0 bridgehead atoms. The Hall–Kier alpha value is -2.24. The molecule has 1 aliphatic heterocycles. The second-order valence-corrected chi connectivity index (χ2v) is 6.14. The van der Waals surface area contributed by atoms with Crippen molar-refractivity contribution in [2.24, 2.45) is 0 Å². The van der Waals surface area contributed by atoms with Crippen LogP contribution < -0.4 is 9.64 Å². The maximum absolute atomic E-state index is 12.7. The minimum atomic E-state index is -0.542. The van der Waals surface area contributed by atoms with Gasteiger partial charge in [-0.2, -0.15) is 0 Å². The molecule has 0 aromatic heterocycles. The normalized spacial score (nSPS) is 14.6. The number of amides is 2. The van der Waals surface area contributed by atoms with Gasteiger partial charge in [-0.05, 0) is 24.3 Å². The van der Waals surface area contributed by atoms with Crippen molar-refractivity contribution < 1.29 is 14.3 Å². The molecule has 2 aromatic carbocycles. The zero-order valence-corrected chi connectivity index (χ0v) is 13.7. The molecule has 6 heteroatoms. The highest BCUT2D eigenvalue weighted by Gasteiger charge is 2.40. The average Bonchev–Trinajstić information content (AvgIpc) is 2.79. The van der Waals surface area contributed by atoms with E-state index in [1.807, 2.05) is 30.3 Å². The van der Waals surface area contributed by atoms with Crippen LogP contribution in [0.3, 0.4) is 0 Å². The summed E-state index contributed by atoms with van der Waals surface area (Å²) in [4.78, 5) is 27.2. The molecule has 2 amide bonds. The predicted octanol–water partition coefficient (Wildman–Crippen LogP) is 3.81. The van der Waals surface area contributed by atoms with E-state index >= 15 is 0 Å². The Morgan fingerprint density at radius 3 is 2.30 bits per heavy atom. The number of thioether (sulfide) groups is 1. The molecule has 116 valence electrons. The number of hydrogen-bond donors (Lipinski definition) is 0. The highest BCUT2D eigenvalue weighted by Crippen LogP contribution is 2.41. The summed E-state index contributed by atoms with van der Waals surface area (Å²) < 4.78 is 5.23. The first-order chi connectivity index (χ1) is 11.1. The van der Waals surface area contributed by atoms with Gasteiger partial charge in [-0.1, -0.05) is 53.7 Å². The number of methoxy groups -OCH3 is 1. The standard InChI is InChI=1S/C17H12ClNO3S/c1-22-13-10-6-5-9-12(13)19-16(20)14(18)15(17(19)21)23-11-7-3-2-4-8-11/h2-10H,1H3. The fourth-order valence-electron chi connectivity index (χ4n) is 2.21. The molecule has 1 heterocycles. The molecule has 1 aliphatic rings. The van der Waals surface area contributed by atoms with Gasteiger partial charge in [0.2, 0.25) is 0 Å². The summed E-state index contributed by atoms with van der Waals surface area (Å²) >= 11 is 7.30. The highest BCUT2D eigenvalue weighted by molar-refractivity contribution is 8.04. The van der Waals surface area contributed by atoms with Gasteiger partial charge in [0.05, 0.1) is 12.8 Å². The van der Waals surface area contributed by atoms with Crippen LogP contribution in [0.4, 0.5) is 5.69 Å². The molecule has 2 aromatic rings. The number of carbonyl (C=O) groups is 2. The van der Waals surface area contributed by atoms with Crippen LogP contribution in [0.15, 0.2) is 69.4 Å². The molecule has 0 atom stereocenters. The summed E-state index contributed by atoms with van der Waals surface area (Å²) in [6.45, 7) is 0. The zero-order chi connectivity index (χ0) is 16.4.